The van der Waals surface area contributed by atoms with Gasteiger partial charge in [-0.1, -0.05) is 37.3 Å². The Morgan fingerprint density at radius 1 is 1.12 bits per heavy atom. The first-order valence-electron chi connectivity index (χ1n) is 14.5. The Morgan fingerprint density at radius 3 is 2.49 bits per heavy atom. The molecule has 1 spiro atoms. The maximum Gasteiger partial charge on any atom is 0.297 e. The number of carbonyl (C=O) groups is 2. The summed E-state index contributed by atoms with van der Waals surface area (Å²) in [6.45, 7) is 5.79. The van der Waals surface area contributed by atoms with E-state index < -0.39 is 31.5 Å². The second kappa shape index (κ2) is 11.7. The van der Waals surface area contributed by atoms with Crippen molar-refractivity contribution in [2.24, 2.45) is 5.92 Å². The summed E-state index contributed by atoms with van der Waals surface area (Å²) in [5, 5.41) is 9.72. The van der Waals surface area contributed by atoms with Crippen molar-refractivity contribution in [3.8, 4) is 11.4 Å². The number of aliphatic hydroxyl groups excluding tert-OH is 1. The first kappa shape index (κ1) is 30.7. The molecule has 0 radical (unpaired) electrons. The van der Waals surface area contributed by atoms with Gasteiger partial charge in [-0.05, 0) is 49.0 Å². The van der Waals surface area contributed by atoms with Gasteiger partial charge in [0.05, 0.1) is 31.9 Å². The van der Waals surface area contributed by atoms with Crippen LogP contribution in [0.15, 0.2) is 71.7 Å². The number of anilines is 1. The molecule has 1 aromatic heterocycles. The second-order valence-electron chi connectivity index (χ2n) is 11.9. The van der Waals surface area contributed by atoms with E-state index in [1.165, 1.54) is 11.7 Å². The van der Waals surface area contributed by atoms with Gasteiger partial charge in [0.2, 0.25) is 5.91 Å². The van der Waals surface area contributed by atoms with E-state index >= 15 is 0 Å². The smallest absolute Gasteiger partial charge is 0.297 e. The predicted octanol–water partition coefficient (Wildman–Crippen LogP) is 3.03. The van der Waals surface area contributed by atoms with Crippen LogP contribution in [-0.2, 0) is 26.5 Å². The van der Waals surface area contributed by atoms with E-state index in [0.717, 1.165) is 5.56 Å². The fourth-order valence-electron chi connectivity index (χ4n) is 6.87. The van der Waals surface area contributed by atoms with Crippen LogP contribution in [0.25, 0.3) is 5.69 Å². The topological polar surface area (TPSA) is 122 Å². The van der Waals surface area contributed by atoms with E-state index in [0.29, 0.717) is 23.5 Å². The SMILES string of the molecule is COc1cccn(-c2ccc3c(c2)[C@@]2(O[C@H](CC(=O)N(CCO)Cc4ccccc4)[C@@H]([Si](C)(C)O)[C@@H]2C)C(=O)N3C)c1=O. The average molecular weight is 606 g/mol. The number of benzene rings is 2. The lowest BCUT2D eigenvalue weighted by Crippen LogP contribution is -2.45. The number of pyridine rings is 1. The monoisotopic (exact) mass is 605 g/mol. The molecule has 0 aliphatic carbocycles. The summed E-state index contributed by atoms with van der Waals surface area (Å²) in [6, 6.07) is 18.2. The molecule has 4 atom stereocenters. The molecule has 3 heterocycles. The van der Waals surface area contributed by atoms with Gasteiger partial charge in [-0.2, -0.15) is 0 Å². The summed E-state index contributed by atoms with van der Waals surface area (Å²) in [7, 11) is 0.119. The Bertz CT molecular complexity index is 1570. The third-order valence-electron chi connectivity index (χ3n) is 8.82. The molecule has 11 heteroatoms. The van der Waals surface area contributed by atoms with Crippen LogP contribution in [0.5, 0.6) is 5.75 Å². The predicted molar refractivity (Wildman–Crippen MR) is 165 cm³/mol. The van der Waals surface area contributed by atoms with Gasteiger partial charge in [-0.25, -0.2) is 0 Å². The summed E-state index contributed by atoms with van der Waals surface area (Å²) >= 11 is 0. The molecule has 2 N–H and O–H groups in total. The van der Waals surface area contributed by atoms with E-state index in [1.54, 1.807) is 66.5 Å². The minimum absolute atomic E-state index is 0.0536. The van der Waals surface area contributed by atoms with Crippen molar-refractivity contribution in [1.29, 1.82) is 0 Å². The molecule has 1 saturated heterocycles. The highest BCUT2D eigenvalue weighted by atomic mass is 28.4. The van der Waals surface area contributed by atoms with Gasteiger partial charge < -0.3 is 29.2 Å². The molecular formula is C32H39N3O7Si. The number of aromatic nitrogens is 1. The van der Waals surface area contributed by atoms with Gasteiger partial charge in [0.15, 0.2) is 19.7 Å². The van der Waals surface area contributed by atoms with Gasteiger partial charge in [-0.15, -0.1) is 0 Å². The lowest BCUT2D eigenvalue weighted by molar-refractivity contribution is -0.149. The van der Waals surface area contributed by atoms with Crippen molar-refractivity contribution in [2.75, 3.05) is 32.2 Å². The lowest BCUT2D eigenvalue weighted by atomic mass is 9.82. The Kier molecular flexibility index (Phi) is 8.36. The third-order valence-corrected chi connectivity index (χ3v) is 11.3. The second-order valence-corrected chi connectivity index (χ2v) is 15.9. The molecule has 2 amide bonds. The fourth-order valence-corrected chi connectivity index (χ4v) is 9.43. The summed E-state index contributed by atoms with van der Waals surface area (Å²) < 4.78 is 13.4. The van der Waals surface area contributed by atoms with Crippen LogP contribution in [0.2, 0.25) is 18.6 Å². The first-order valence-corrected chi connectivity index (χ1v) is 17.5. The molecule has 0 saturated carbocycles. The largest absolute Gasteiger partial charge is 0.491 e. The van der Waals surface area contributed by atoms with Gasteiger partial charge >= 0.3 is 0 Å². The molecule has 2 aliphatic heterocycles. The fraction of sp³-hybridized carbons (Fsp3) is 0.406. The lowest BCUT2D eigenvalue weighted by Gasteiger charge is -2.32. The minimum Gasteiger partial charge on any atom is -0.491 e. The number of hydrogen-bond donors (Lipinski definition) is 2. The Balaban J connectivity index is 1.55. The van der Waals surface area contributed by atoms with Crippen molar-refractivity contribution in [2.45, 2.75) is 50.2 Å². The number of likely N-dealkylation sites (N-methyl/N-ethyl adjacent to an activating group) is 1. The Morgan fingerprint density at radius 2 is 1.84 bits per heavy atom. The van der Waals surface area contributed by atoms with E-state index in [1.807, 2.05) is 37.3 Å². The number of ether oxygens (including phenoxy) is 2. The normalized spacial score (nSPS) is 23.1. The van der Waals surface area contributed by atoms with Crippen molar-refractivity contribution < 1.29 is 29.0 Å². The van der Waals surface area contributed by atoms with Gasteiger partial charge in [-0.3, -0.25) is 19.0 Å². The Labute approximate surface area is 252 Å². The highest BCUT2D eigenvalue weighted by Gasteiger charge is 2.66. The highest BCUT2D eigenvalue weighted by Crippen LogP contribution is 2.59. The highest BCUT2D eigenvalue weighted by molar-refractivity contribution is 6.71. The van der Waals surface area contributed by atoms with Crippen LogP contribution in [0, 0.1) is 5.92 Å². The molecule has 10 nitrogen and oxygen atoms in total. The zero-order valence-corrected chi connectivity index (χ0v) is 26.2. The van der Waals surface area contributed by atoms with E-state index in [4.69, 9.17) is 9.47 Å². The van der Waals surface area contributed by atoms with Gasteiger partial charge in [0, 0.05) is 49.0 Å². The zero-order valence-electron chi connectivity index (χ0n) is 25.2. The van der Waals surface area contributed by atoms with Crippen LogP contribution in [0.1, 0.15) is 24.5 Å². The Hall–Kier alpha value is -3.77. The molecule has 5 rings (SSSR count). The van der Waals surface area contributed by atoms with E-state index in [2.05, 4.69) is 0 Å². The molecule has 2 aromatic carbocycles. The molecule has 3 aromatic rings. The van der Waals surface area contributed by atoms with E-state index in [-0.39, 0.29) is 42.7 Å². The number of methoxy groups -OCH3 is 1. The molecule has 0 bridgehead atoms. The first-order chi connectivity index (χ1) is 20.4. The van der Waals surface area contributed by atoms with Crippen molar-refractivity contribution in [3.63, 3.8) is 0 Å². The molecule has 0 unspecified atom stereocenters. The summed E-state index contributed by atoms with van der Waals surface area (Å²) in [5.41, 5.74) is 0.457. The average Bonchev–Trinajstić information content (AvgIpc) is 3.39. The maximum atomic E-state index is 14.1. The number of amides is 2. The standard InChI is InChI=1S/C32H39N3O7Si/c1-21-29(43(4,5)40)27(19-28(37)34(16-17-36)20-22-10-7-6-8-11-22)42-32(21)24-18-23(13-14-25(24)33(2)31(32)39)35-15-9-12-26(41-3)30(35)38/h6-15,18,21,27,29,36,40H,16-17,19-20H2,1-5H3/t21-,27+,29-,32+/m0/s1. The number of rotatable bonds is 9. The number of hydrogen-bond acceptors (Lipinski definition) is 7. The molecule has 2 aliphatic rings. The zero-order chi connectivity index (χ0) is 31.1. The van der Waals surface area contributed by atoms with Crippen molar-refractivity contribution in [3.05, 3.63) is 88.3 Å². The van der Waals surface area contributed by atoms with Crippen LogP contribution in [0.3, 0.4) is 0 Å². The molecule has 228 valence electrons. The quantitative estimate of drug-likeness (QED) is 0.360. The van der Waals surface area contributed by atoms with Crippen molar-refractivity contribution in [1.82, 2.24) is 9.47 Å². The van der Waals surface area contributed by atoms with Crippen LogP contribution in [-0.4, -0.2) is 72.9 Å². The van der Waals surface area contributed by atoms with Crippen LogP contribution < -0.4 is 15.2 Å². The van der Waals surface area contributed by atoms with Crippen molar-refractivity contribution >= 4 is 25.8 Å². The summed E-state index contributed by atoms with van der Waals surface area (Å²) in [4.78, 5) is 55.6. The van der Waals surface area contributed by atoms with Gasteiger partial charge in [0.1, 0.15) is 0 Å². The maximum absolute atomic E-state index is 14.1. The number of fused-ring (bicyclic) bond motifs is 2. The molecular weight excluding hydrogens is 566 g/mol. The third kappa shape index (κ3) is 5.31. The molecule has 1 fully saturated rings. The van der Waals surface area contributed by atoms with Crippen LogP contribution in [0.4, 0.5) is 5.69 Å². The minimum atomic E-state index is -3.00. The van der Waals surface area contributed by atoms with Gasteiger partial charge in [0.25, 0.3) is 11.5 Å². The number of carbonyl (C=O) groups excluding carboxylic acids is 2. The number of nitrogens with zero attached hydrogens (tertiary/aromatic N) is 3. The van der Waals surface area contributed by atoms with E-state index in [9.17, 15) is 24.3 Å². The van der Waals surface area contributed by atoms with Crippen LogP contribution >= 0.6 is 0 Å². The molecule has 43 heavy (non-hydrogen) atoms. The summed E-state index contributed by atoms with van der Waals surface area (Å²) in [5.74, 6) is -0.789. The number of aliphatic hydroxyl groups is 1. The summed E-state index contributed by atoms with van der Waals surface area (Å²) in [6.07, 6.45) is 0.842.